The first-order valence-corrected chi connectivity index (χ1v) is 10.6. The van der Waals surface area contributed by atoms with E-state index in [1.807, 2.05) is 63.2 Å². The molecule has 168 valence electrons. The fraction of sp³-hybridized carbons (Fsp3) is 0.200. The number of carbonyl (C=O) groups excluding carboxylic acids is 2. The van der Waals surface area contributed by atoms with Crippen LogP contribution in [0.25, 0.3) is 5.65 Å². The van der Waals surface area contributed by atoms with Gasteiger partial charge in [0, 0.05) is 18.4 Å². The summed E-state index contributed by atoms with van der Waals surface area (Å²) in [5.74, 6) is -0.657. The van der Waals surface area contributed by atoms with E-state index in [4.69, 9.17) is 0 Å². The maximum absolute atomic E-state index is 12.8. The van der Waals surface area contributed by atoms with Gasteiger partial charge in [-0.15, -0.1) is 5.10 Å². The molecule has 0 aliphatic carbocycles. The van der Waals surface area contributed by atoms with Gasteiger partial charge < -0.3 is 10.6 Å². The molecule has 2 aromatic carbocycles. The van der Waals surface area contributed by atoms with Crippen LogP contribution in [-0.4, -0.2) is 26.0 Å². The number of aryl methyl sites for hydroxylation is 3. The minimum Gasteiger partial charge on any atom is -0.348 e. The van der Waals surface area contributed by atoms with E-state index in [2.05, 4.69) is 15.7 Å². The predicted molar refractivity (Wildman–Crippen MR) is 126 cm³/mol. The molecular weight excluding hydrogens is 418 g/mol. The van der Waals surface area contributed by atoms with Gasteiger partial charge in [0.05, 0.1) is 5.56 Å². The van der Waals surface area contributed by atoms with Gasteiger partial charge in [-0.25, -0.2) is 13.9 Å². The number of carbonyl (C=O) groups is 2. The molecule has 33 heavy (non-hydrogen) atoms. The minimum atomic E-state index is -0.491. The lowest BCUT2D eigenvalue weighted by atomic mass is 10.1. The summed E-state index contributed by atoms with van der Waals surface area (Å²) in [6.45, 7) is 5.99. The summed E-state index contributed by atoms with van der Waals surface area (Å²) in [6.07, 6.45) is 1.44. The Morgan fingerprint density at radius 1 is 0.939 bits per heavy atom. The highest BCUT2D eigenvalue weighted by molar-refractivity contribution is 5.94. The highest BCUT2D eigenvalue weighted by Gasteiger charge is 2.14. The number of fused-ring (bicyclic) bond motifs is 1. The number of benzene rings is 2. The molecule has 2 aromatic heterocycles. The number of hydrogen-bond acceptors (Lipinski definition) is 4. The van der Waals surface area contributed by atoms with E-state index in [9.17, 15) is 14.4 Å². The van der Waals surface area contributed by atoms with Gasteiger partial charge in [0.25, 0.3) is 5.91 Å². The Kier molecular flexibility index (Phi) is 6.08. The van der Waals surface area contributed by atoms with Gasteiger partial charge in [0.1, 0.15) is 6.54 Å². The Balaban J connectivity index is 1.47. The molecule has 0 atom stereocenters. The number of hydrogen-bond donors (Lipinski definition) is 2. The molecule has 2 amide bonds. The van der Waals surface area contributed by atoms with Crippen molar-refractivity contribution in [2.24, 2.45) is 0 Å². The van der Waals surface area contributed by atoms with Crippen molar-refractivity contribution >= 4 is 23.1 Å². The summed E-state index contributed by atoms with van der Waals surface area (Å²) >= 11 is 0. The third-order valence-electron chi connectivity index (χ3n) is 5.37. The van der Waals surface area contributed by atoms with Crippen LogP contribution in [0, 0.1) is 20.8 Å². The van der Waals surface area contributed by atoms with E-state index in [1.54, 1.807) is 12.1 Å². The second-order valence-corrected chi connectivity index (χ2v) is 8.12. The molecule has 8 heteroatoms. The van der Waals surface area contributed by atoms with Crippen LogP contribution in [0.4, 0.5) is 5.69 Å². The molecule has 8 nitrogen and oxygen atoms in total. The third-order valence-corrected chi connectivity index (χ3v) is 5.37. The molecule has 2 N–H and O–H groups in total. The van der Waals surface area contributed by atoms with Crippen molar-refractivity contribution in [3.05, 3.63) is 99.1 Å². The van der Waals surface area contributed by atoms with Crippen LogP contribution < -0.4 is 16.3 Å². The Labute approximate surface area is 190 Å². The molecule has 0 saturated heterocycles. The van der Waals surface area contributed by atoms with E-state index >= 15 is 0 Å². The van der Waals surface area contributed by atoms with Crippen molar-refractivity contribution in [1.29, 1.82) is 0 Å². The summed E-state index contributed by atoms with van der Waals surface area (Å²) in [7, 11) is 0. The van der Waals surface area contributed by atoms with E-state index in [-0.39, 0.29) is 18.4 Å². The molecule has 0 bridgehead atoms. The smallest absolute Gasteiger partial charge is 0.348 e. The highest BCUT2D eigenvalue weighted by atomic mass is 16.2. The minimum absolute atomic E-state index is 0.233. The normalized spacial score (nSPS) is 10.9. The first kappa shape index (κ1) is 22.0. The monoisotopic (exact) mass is 443 g/mol. The number of anilines is 1. The van der Waals surface area contributed by atoms with Crippen molar-refractivity contribution in [2.45, 2.75) is 33.9 Å². The number of aromatic nitrogens is 3. The van der Waals surface area contributed by atoms with Crippen molar-refractivity contribution in [2.75, 3.05) is 5.32 Å². The predicted octanol–water partition coefficient (Wildman–Crippen LogP) is 2.99. The van der Waals surface area contributed by atoms with E-state index < -0.39 is 5.69 Å². The fourth-order valence-corrected chi connectivity index (χ4v) is 3.44. The summed E-state index contributed by atoms with van der Waals surface area (Å²) in [5.41, 5.74) is 4.97. The summed E-state index contributed by atoms with van der Waals surface area (Å²) in [5, 5.41) is 9.88. The molecule has 0 radical (unpaired) electrons. The number of amides is 2. The van der Waals surface area contributed by atoms with Crippen molar-refractivity contribution < 1.29 is 9.59 Å². The molecule has 0 unspecified atom stereocenters. The molecule has 0 saturated carbocycles. The average Bonchev–Trinajstić information content (AvgIpc) is 3.10. The molecule has 0 aliphatic rings. The standard InChI is InChI=1S/C25H25N5O3/c1-16-5-8-19(9-6-16)13-26-24(32)20-10-11-22-28-30(25(33)29(22)14-20)15-23(31)27-21-12-17(2)4-7-18(21)3/h4-12,14H,13,15H2,1-3H3,(H,26,32)(H,27,31). The number of rotatable bonds is 6. The zero-order valence-electron chi connectivity index (χ0n) is 18.8. The Hall–Kier alpha value is -4.20. The lowest BCUT2D eigenvalue weighted by Gasteiger charge is -2.08. The lowest BCUT2D eigenvalue weighted by molar-refractivity contribution is -0.117. The van der Waals surface area contributed by atoms with Gasteiger partial charge in [-0.05, 0) is 55.7 Å². The van der Waals surface area contributed by atoms with Crippen LogP contribution in [-0.2, 0) is 17.9 Å². The zero-order chi connectivity index (χ0) is 23.5. The fourth-order valence-electron chi connectivity index (χ4n) is 3.44. The van der Waals surface area contributed by atoms with Crippen LogP contribution in [0.15, 0.2) is 65.6 Å². The molecule has 2 heterocycles. The molecule has 0 fully saturated rings. The molecular formula is C25H25N5O3. The SMILES string of the molecule is Cc1ccc(CNC(=O)c2ccc3nn(CC(=O)Nc4cc(C)ccc4C)c(=O)n3c2)cc1. The lowest BCUT2D eigenvalue weighted by Crippen LogP contribution is -2.29. The number of nitrogens with zero attached hydrogens (tertiary/aromatic N) is 3. The van der Waals surface area contributed by atoms with Crippen LogP contribution in [0.3, 0.4) is 0 Å². The number of nitrogens with one attached hydrogen (secondary N) is 2. The van der Waals surface area contributed by atoms with Crippen LogP contribution in [0.5, 0.6) is 0 Å². The van der Waals surface area contributed by atoms with Crippen molar-refractivity contribution in [1.82, 2.24) is 19.5 Å². The van der Waals surface area contributed by atoms with E-state index in [1.165, 1.54) is 10.6 Å². The molecule has 0 spiro atoms. The zero-order valence-corrected chi connectivity index (χ0v) is 18.8. The average molecular weight is 444 g/mol. The second-order valence-electron chi connectivity index (χ2n) is 8.12. The maximum Gasteiger partial charge on any atom is 0.350 e. The van der Waals surface area contributed by atoms with E-state index in [0.29, 0.717) is 23.4 Å². The van der Waals surface area contributed by atoms with Crippen molar-refractivity contribution in [3.8, 4) is 0 Å². The Morgan fingerprint density at radius 2 is 1.67 bits per heavy atom. The van der Waals surface area contributed by atoms with E-state index in [0.717, 1.165) is 26.9 Å². The Bertz CT molecular complexity index is 1400. The topological polar surface area (TPSA) is 97.5 Å². The first-order chi connectivity index (χ1) is 15.8. The summed E-state index contributed by atoms with van der Waals surface area (Å²) < 4.78 is 2.36. The van der Waals surface area contributed by atoms with Gasteiger partial charge in [0.2, 0.25) is 5.91 Å². The molecule has 4 rings (SSSR count). The van der Waals surface area contributed by atoms with Crippen LogP contribution >= 0.6 is 0 Å². The summed E-state index contributed by atoms with van der Waals surface area (Å²) in [6, 6.07) is 16.8. The van der Waals surface area contributed by atoms with Crippen LogP contribution in [0.2, 0.25) is 0 Å². The highest BCUT2D eigenvalue weighted by Crippen LogP contribution is 2.16. The van der Waals surface area contributed by atoms with Gasteiger partial charge in [-0.2, -0.15) is 0 Å². The molecule has 4 aromatic rings. The van der Waals surface area contributed by atoms with Gasteiger partial charge in [-0.3, -0.25) is 9.59 Å². The maximum atomic E-state index is 12.8. The van der Waals surface area contributed by atoms with Crippen molar-refractivity contribution in [3.63, 3.8) is 0 Å². The van der Waals surface area contributed by atoms with Gasteiger partial charge in [-0.1, -0.05) is 42.0 Å². The second kappa shape index (κ2) is 9.12. The largest absolute Gasteiger partial charge is 0.350 e. The number of pyridine rings is 1. The summed E-state index contributed by atoms with van der Waals surface area (Å²) in [4.78, 5) is 37.9. The molecule has 0 aliphatic heterocycles. The first-order valence-electron chi connectivity index (χ1n) is 10.6. The third kappa shape index (κ3) is 5.01. The van der Waals surface area contributed by atoms with Gasteiger partial charge >= 0.3 is 5.69 Å². The quantitative estimate of drug-likeness (QED) is 0.479. The Morgan fingerprint density at radius 3 is 2.42 bits per heavy atom. The van der Waals surface area contributed by atoms with Crippen LogP contribution in [0.1, 0.15) is 32.6 Å². The van der Waals surface area contributed by atoms with Gasteiger partial charge in [0.15, 0.2) is 5.65 Å².